The van der Waals surface area contributed by atoms with Crippen LogP contribution in [0.5, 0.6) is 0 Å². The van der Waals surface area contributed by atoms with E-state index in [9.17, 15) is 9.59 Å². The topological polar surface area (TPSA) is 74.4 Å². The van der Waals surface area contributed by atoms with E-state index in [0.29, 0.717) is 13.1 Å². The van der Waals surface area contributed by atoms with E-state index in [1.165, 1.54) is 0 Å². The average molecular weight is 378 g/mol. The maximum Gasteiger partial charge on any atom is 0.410 e. The molecule has 0 saturated carbocycles. The molecule has 3 rings (SSSR count). The van der Waals surface area contributed by atoms with E-state index < -0.39 is 5.60 Å². The van der Waals surface area contributed by atoms with Crippen molar-refractivity contribution in [3.05, 3.63) is 29.5 Å². The Labute approximate surface area is 157 Å². The molecule has 0 aliphatic carbocycles. The number of carbonyl (C=O) groups is 2. The average Bonchev–Trinajstić information content (AvgIpc) is 2.92. The normalized spacial score (nSPS) is 14.2. The predicted molar refractivity (Wildman–Crippen MR) is 103 cm³/mol. The van der Waals surface area contributed by atoms with Crippen LogP contribution in [0.2, 0.25) is 0 Å². The van der Waals surface area contributed by atoms with Crippen LogP contribution in [-0.4, -0.2) is 39.9 Å². The summed E-state index contributed by atoms with van der Waals surface area (Å²) in [6.45, 7) is 6.68. The second-order valence-corrected chi connectivity index (χ2v) is 7.83. The Bertz CT molecular complexity index is 838. The van der Waals surface area contributed by atoms with Gasteiger partial charge < -0.3 is 19.9 Å². The first kappa shape index (κ1) is 18.6. The van der Waals surface area contributed by atoms with E-state index in [0.717, 1.165) is 34.3 Å². The summed E-state index contributed by atoms with van der Waals surface area (Å²) in [4.78, 5) is 29.4. The molecule has 26 heavy (non-hydrogen) atoms. The number of fused-ring (bicyclic) bond motifs is 3. The minimum Gasteiger partial charge on any atom is -0.444 e. The Morgan fingerprint density at radius 1 is 1.35 bits per heavy atom. The molecule has 2 N–H and O–H groups in total. The Kier molecular flexibility index (Phi) is 5.14. The number of benzene rings is 1. The number of H-pyrrole nitrogens is 1. The monoisotopic (exact) mass is 377 g/mol. The molecule has 0 atom stereocenters. The molecular weight excluding hydrogens is 354 g/mol. The molecule has 2 aromatic rings. The number of aromatic nitrogens is 1. The summed E-state index contributed by atoms with van der Waals surface area (Å²) in [5, 5.41) is 3.91. The Morgan fingerprint density at radius 2 is 2.12 bits per heavy atom. The van der Waals surface area contributed by atoms with Gasteiger partial charge in [-0.3, -0.25) is 4.79 Å². The van der Waals surface area contributed by atoms with Crippen LogP contribution >= 0.6 is 11.6 Å². The summed E-state index contributed by atoms with van der Waals surface area (Å²) in [7, 11) is 0. The molecule has 2 heterocycles. The lowest BCUT2D eigenvalue weighted by Crippen LogP contribution is -2.39. The van der Waals surface area contributed by atoms with Gasteiger partial charge in [-0.15, -0.1) is 11.6 Å². The molecule has 0 fully saturated rings. The zero-order chi connectivity index (χ0) is 18.9. The van der Waals surface area contributed by atoms with Crippen molar-refractivity contribution in [3.63, 3.8) is 0 Å². The van der Waals surface area contributed by atoms with Crippen molar-refractivity contribution in [1.82, 2.24) is 9.88 Å². The van der Waals surface area contributed by atoms with E-state index in [4.69, 9.17) is 16.3 Å². The summed E-state index contributed by atoms with van der Waals surface area (Å²) >= 11 is 5.64. The zero-order valence-electron chi connectivity index (χ0n) is 15.3. The SMILES string of the molecule is CC(C)(C)OC(=O)N1CCc2[nH]c3c(NC(=O)CCCl)cccc3c2C1. The molecule has 0 unspecified atom stereocenters. The van der Waals surface area contributed by atoms with E-state index in [1.807, 2.05) is 39.0 Å². The third-order valence-electron chi connectivity index (χ3n) is 4.26. The molecule has 1 aliphatic rings. The van der Waals surface area contributed by atoms with Crippen molar-refractivity contribution < 1.29 is 14.3 Å². The first-order valence-corrected chi connectivity index (χ1v) is 9.28. The molecule has 0 spiro atoms. The molecule has 6 nitrogen and oxygen atoms in total. The van der Waals surface area contributed by atoms with Gasteiger partial charge in [0, 0.05) is 41.9 Å². The quantitative estimate of drug-likeness (QED) is 0.793. The summed E-state index contributed by atoms with van der Waals surface area (Å²) in [5.41, 5.74) is 3.27. The zero-order valence-corrected chi connectivity index (χ0v) is 16.1. The molecule has 2 amide bonds. The number of hydrogen-bond acceptors (Lipinski definition) is 3. The van der Waals surface area contributed by atoms with Gasteiger partial charge in [-0.2, -0.15) is 0 Å². The Balaban J connectivity index is 1.87. The molecule has 0 radical (unpaired) electrons. The number of amides is 2. The third kappa shape index (κ3) is 3.96. The summed E-state index contributed by atoms with van der Waals surface area (Å²) in [6.07, 6.45) is 0.687. The maximum absolute atomic E-state index is 12.4. The van der Waals surface area contributed by atoms with Crippen molar-refractivity contribution >= 4 is 40.2 Å². The lowest BCUT2D eigenvalue weighted by molar-refractivity contribution is -0.115. The van der Waals surface area contributed by atoms with Gasteiger partial charge in [-0.25, -0.2) is 4.79 Å². The van der Waals surface area contributed by atoms with Crippen molar-refractivity contribution in [1.29, 1.82) is 0 Å². The largest absolute Gasteiger partial charge is 0.444 e. The highest BCUT2D eigenvalue weighted by molar-refractivity contribution is 6.19. The van der Waals surface area contributed by atoms with E-state index in [2.05, 4.69) is 10.3 Å². The minimum absolute atomic E-state index is 0.115. The van der Waals surface area contributed by atoms with Gasteiger partial charge in [0.1, 0.15) is 5.60 Å². The standard InChI is InChI=1S/C19H24ClN3O3/c1-19(2,3)26-18(25)23-10-8-14-13(11-23)12-5-4-6-15(17(12)22-14)21-16(24)7-9-20/h4-6,22H,7-11H2,1-3H3,(H,21,24). The number of anilines is 1. The maximum atomic E-state index is 12.4. The van der Waals surface area contributed by atoms with Crippen LogP contribution in [0.1, 0.15) is 38.4 Å². The van der Waals surface area contributed by atoms with Crippen molar-refractivity contribution in [3.8, 4) is 0 Å². The van der Waals surface area contributed by atoms with Crippen molar-refractivity contribution in [2.75, 3.05) is 17.7 Å². The van der Waals surface area contributed by atoms with Gasteiger partial charge in [-0.1, -0.05) is 12.1 Å². The van der Waals surface area contributed by atoms with Crippen molar-refractivity contribution in [2.45, 2.75) is 45.8 Å². The van der Waals surface area contributed by atoms with Gasteiger partial charge in [0.15, 0.2) is 0 Å². The highest BCUT2D eigenvalue weighted by Gasteiger charge is 2.28. The number of alkyl halides is 1. The van der Waals surface area contributed by atoms with Crippen LogP contribution in [0.25, 0.3) is 10.9 Å². The van der Waals surface area contributed by atoms with Crippen LogP contribution in [0, 0.1) is 0 Å². The van der Waals surface area contributed by atoms with Crippen LogP contribution < -0.4 is 5.32 Å². The lowest BCUT2D eigenvalue weighted by atomic mass is 10.0. The molecule has 0 bridgehead atoms. The van der Waals surface area contributed by atoms with Crippen LogP contribution in [0.4, 0.5) is 10.5 Å². The van der Waals surface area contributed by atoms with Crippen molar-refractivity contribution in [2.24, 2.45) is 0 Å². The molecule has 1 aromatic carbocycles. The number of aromatic amines is 1. The number of halogens is 1. The van der Waals surface area contributed by atoms with E-state index in [-0.39, 0.29) is 24.3 Å². The number of nitrogens with one attached hydrogen (secondary N) is 2. The first-order valence-electron chi connectivity index (χ1n) is 8.74. The molecule has 7 heteroatoms. The van der Waals surface area contributed by atoms with Gasteiger partial charge in [0.2, 0.25) is 5.91 Å². The first-order chi connectivity index (χ1) is 12.3. The number of hydrogen-bond donors (Lipinski definition) is 2. The molecule has 140 valence electrons. The smallest absolute Gasteiger partial charge is 0.410 e. The number of nitrogens with zero attached hydrogens (tertiary/aromatic N) is 1. The summed E-state index contributed by atoms with van der Waals surface area (Å²) in [6, 6.07) is 5.77. The molecule has 0 saturated heterocycles. The molecular formula is C19H24ClN3O3. The fraction of sp³-hybridized carbons (Fsp3) is 0.474. The lowest BCUT2D eigenvalue weighted by Gasteiger charge is -2.30. The highest BCUT2D eigenvalue weighted by atomic mass is 35.5. The fourth-order valence-electron chi connectivity index (χ4n) is 3.12. The van der Waals surface area contributed by atoms with Gasteiger partial charge >= 0.3 is 6.09 Å². The van der Waals surface area contributed by atoms with Gasteiger partial charge in [-0.05, 0) is 26.8 Å². The van der Waals surface area contributed by atoms with Crippen LogP contribution in [0.15, 0.2) is 18.2 Å². The van der Waals surface area contributed by atoms with Crippen LogP contribution in [-0.2, 0) is 22.5 Å². The fourth-order valence-corrected chi connectivity index (χ4v) is 3.29. The molecule has 1 aliphatic heterocycles. The summed E-state index contributed by atoms with van der Waals surface area (Å²) < 4.78 is 5.49. The number of ether oxygens (including phenoxy) is 1. The van der Waals surface area contributed by atoms with E-state index in [1.54, 1.807) is 4.90 Å². The highest BCUT2D eigenvalue weighted by Crippen LogP contribution is 2.32. The second kappa shape index (κ2) is 7.19. The van der Waals surface area contributed by atoms with Crippen LogP contribution in [0.3, 0.4) is 0 Å². The third-order valence-corrected chi connectivity index (χ3v) is 4.45. The number of para-hydroxylation sites is 1. The summed E-state index contributed by atoms with van der Waals surface area (Å²) in [5.74, 6) is 0.170. The molecule has 1 aromatic heterocycles. The van der Waals surface area contributed by atoms with Gasteiger partial charge in [0.25, 0.3) is 0 Å². The second-order valence-electron chi connectivity index (χ2n) is 7.45. The van der Waals surface area contributed by atoms with Gasteiger partial charge in [0.05, 0.1) is 17.7 Å². The Hall–Kier alpha value is -2.21. The van der Waals surface area contributed by atoms with E-state index >= 15 is 0 Å². The Morgan fingerprint density at radius 3 is 2.81 bits per heavy atom. The minimum atomic E-state index is -0.516. The predicted octanol–water partition coefficient (Wildman–Crippen LogP) is 4.03. The number of carbonyl (C=O) groups excluding carboxylic acids is 2. The number of rotatable bonds is 3.